The number of rotatable bonds is 11. The van der Waals surface area contributed by atoms with Crippen LogP contribution in [0.2, 0.25) is 5.02 Å². The first kappa shape index (κ1) is 28.9. The summed E-state index contributed by atoms with van der Waals surface area (Å²) >= 11 is 5.94. The molecule has 2 heterocycles. The van der Waals surface area contributed by atoms with Crippen molar-refractivity contribution in [2.45, 2.75) is 70.7 Å². The molecule has 14 heteroatoms. The summed E-state index contributed by atoms with van der Waals surface area (Å²) in [5.41, 5.74) is 5.75. The van der Waals surface area contributed by atoms with Crippen LogP contribution in [0.1, 0.15) is 56.8 Å². The lowest BCUT2D eigenvalue weighted by Gasteiger charge is -2.32. The van der Waals surface area contributed by atoms with Gasteiger partial charge < -0.3 is 19.8 Å². The van der Waals surface area contributed by atoms with Crippen LogP contribution < -0.4 is 15.9 Å². The summed E-state index contributed by atoms with van der Waals surface area (Å²) in [5.74, 6) is -0.894. The van der Waals surface area contributed by atoms with Crippen LogP contribution in [0.3, 0.4) is 0 Å². The smallest absolute Gasteiger partial charge is 0.326 e. The maximum Gasteiger partial charge on any atom is 0.326 e. The second-order valence-corrected chi connectivity index (χ2v) is 12.8. The minimum Gasteiger partial charge on any atom is -0.461 e. The van der Waals surface area contributed by atoms with E-state index >= 15 is 0 Å². The highest BCUT2D eigenvalue weighted by molar-refractivity contribution is 7.60. The van der Waals surface area contributed by atoms with Gasteiger partial charge in [0.25, 0.3) is 13.4 Å². The molecule has 1 aliphatic rings. The minimum atomic E-state index is -3.85. The molecule has 3 aromatic rings. The van der Waals surface area contributed by atoms with Gasteiger partial charge in [-0.3, -0.25) is 19.2 Å². The van der Waals surface area contributed by atoms with Crippen LogP contribution in [0, 0.1) is 0 Å². The van der Waals surface area contributed by atoms with Crippen molar-refractivity contribution in [3.63, 3.8) is 0 Å². The van der Waals surface area contributed by atoms with Gasteiger partial charge >= 0.3 is 5.97 Å². The summed E-state index contributed by atoms with van der Waals surface area (Å²) in [6.07, 6.45) is 5.47. The van der Waals surface area contributed by atoms with Crippen molar-refractivity contribution in [2.24, 2.45) is 0 Å². The number of carbonyl (C=O) groups excluding carboxylic acids is 2. The van der Waals surface area contributed by atoms with Crippen LogP contribution in [0.25, 0.3) is 11.2 Å². The summed E-state index contributed by atoms with van der Waals surface area (Å²) in [5, 5.41) is 5.87. The van der Waals surface area contributed by atoms with Gasteiger partial charge in [0.2, 0.25) is 0 Å². The number of nitrogen functional groups attached to an aromatic ring is 1. The Bertz CT molecular complexity index is 1370. The van der Waals surface area contributed by atoms with Gasteiger partial charge in [0.15, 0.2) is 11.5 Å². The molecule has 4 rings (SSSR count). The summed E-state index contributed by atoms with van der Waals surface area (Å²) in [4.78, 5) is 38.4. The number of fused-ring (bicyclic) bond motifs is 1. The zero-order valence-electron chi connectivity index (χ0n) is 22.1. The first-order chi connectivity index (χ1) is 18.5. The standard InChI is InChI=1S/C25H33ClN7O5P/c1-16(12-33-14-30-20-21(27)28-13-29-22(20)33)37-15-39(36,31-23(34)17-8-10-18(26)11-9-17)32-25(2,3)24(35)38-19-6-4-5-7-19/h8-11,13-14,16,19H,4-7,12,15H2,1-3H3,(H2,27,28,29)(H2,31,32,34,36)/t16-,39-/m1/s1. The highest BCUT2D eigenvalue weighted by atomic mass is 35.5. The Balaban J connectivity index is 1.48. The summed E-state index contributed by atoms with van der Waals surface area (Å²) < 4.78 is 27.5. The zero-order valence-corrected chi connectivity index (χ0v) is 23.7. The van der Waals surface area contributed by atoms with Gasteiger partial charge in [-0.05, 0) is 70.7 Å². The van der Waals surface area contributed by atoms with E-state index in [-0.39, 0.29) is 17.5 Å². The predicted molar refractivity (Wildman–Crippen MR) is 147 cm³/mol. The third-order valence-electron chi connectivity index (χ3n) is 6.36. The van der Waals surface area contributed by atoms with E-state index in [4.69, 9.17) is 26.8 Å². The first-order valence-corrected chi connectivity index (χ1v) is 14.9. The largest absolute Gasteiger partial charge is 0.461 e. The maximum absolute atomic E-state index is 14.1. The molecule has 210 valence electrons. The number of nitrogens with one attached hydrogen (secondary N) is 2. The van der Waals surface area contributed by atoms with Crippen LogP contribution in [0.4, 0.5) is 5.82 Å². The molecule has 2 aromatic heterocycles. The molecule has 39 heavy (non-hydrogen) atoms. The van der Waals surface area contributed by atoms with Crippen molar-refractivity contribution in [2.75, 3.05) is 12.1 Å². The lowest BCUT2D eigenvalue weighted by Crippen LogP contribution is -2.50. The molecule has 1 saturated carbocycles. The van der Waals surface area contributed by atoms with E-state index < -0.39 is 37.3 Å². The van der Waals surface area contributed by atoms with Gasteiger partial charge in [0.05, 0.1) is 19.0 Å². The molecule has 12 nitrogen and oxygen atoms in total. The van der Waals surface area contributed by atoms with Crippen LogP contribution in [-0.2, 0) is 25.4 Å². The Labute approximate surface area is 231 Å². The average molecular weight is 578 g/mol. The SMILES string of the molecule is C[C@H](Cn1cnc2c(N)ncnc21)OC[P@@](=O)(NC(=O)c1ccc(Cl)cc1)NC(C)(C)C(=O)OC1CCCC1. The number of hydrogen-bond acceptors (Lipinski definition) is 9. The lowest BCUT2D eigenvalue weighted by molar-refractivity contribution is -0.154. The number of esters is 1. The lowest BCUT2D eigenvalue weighted by atomic mass is 10.1. The average Bonchev–Trinajstić information content (AvgIpc) is 3.54. The quantitative estimate of drug-likeness (QED) is 0.225. The Morgan fingerprint density at radius 3 is 2.59 bits per heavy atom. The Hall–Kier alpha value is -3.05. The second-order valence-electron chi connectivity index (χ2n) is 10.2. The molecule has 1 fully saturated rings. The van der Waals surface area contributed by atoms with Crippen molar-refractivity contribution < 1.29 is 23.6 Å². The van der Waals surface area contributed by atoms with Crippen LogP contribution in [0.5, 0.6) is 0 Å². The number of carbonyl (C=O) groups is 2. The number of aromatic nitrogens is 4. The summed E-state index contributed by atoms with van der Waals surface area (Å²) in [7, 11) is -3.85. The fourth-order valence-corrected chi connectivity index (χ4v) is 6.55. The van der Waals surface area contributed by atoms with Crippen molar-refractivity contribution in [3.8, 4) is 0 Å². The number of anilines is 1. The van der Waals surface area contributed by atoms with Gasteiger partial charge in [-0.25, -0.2) is 20.0 Å². The third kappa shape index (κ3) is 7.33. The molecule has 0 radical (unpaired) electrons. The fraction of sp³-hybridized carbons (Fsp3) is 0.480. The molecule has 2 atom stereocenters. The van der Waals surface area contributed by atoms with Crippen LogP contribution in [0.15, 0.2) is 36.9 Å². The van der Waals surface area contributed by atoms with E-state index in [1.807, 2.05) is 0 Å². The Morgan fingerprint density at radius 2 is 1.90 bits per heavy atom. The third-order valence-corrected chi connectivity index (χ3v) is 8.61. The van der Waals surface area contributed by atoms with E-state index in [2.05, 4.69) is 25.1 Å². The van der Waals surface area contributed by atoms with Crippen molar-refractivity contribution in [1.82, 2.24) is 29.7 Å². The zero-order chi connectivity index (χ0) is 28.2. The van der Waals surface area contributed by atoms with E-state index in [1.165, 1.54) is 18.5 Å². The van der Waals surface area contributed by atoms with Gasteiger partial charge in [0.1, 0.15) is 29.8 Å². The molecular formula is C25H33ClN7O5P. The van der Waals surface area contributed by atoms with Crippen molar-refractivity contribution >= 4 is 47.9 Å². The highest BCUT2D eigenvalue weighted by Crippen LogP contribution is 2.40. The number of amides is 1. The van der Waals surface area contributed by atoms with Crippen LogP contribution >= 0.6 is 19.0 Å². The summed E-state index contributed by atoms with van der Waals surface area (Å²) in [6.45, 7) is 5.22. The molecule has 0 saturated heterocycles. The van der Waals surface area contributed by atoms with Crippen LogP contribution in [-0.4, -0.2) is 55.5 Å². The van der Waals surface area contributed by atoms with Crippen molar-refractivity contribution in [3.05, 3.63) is 47.5 Å². The Kier molecular flexibility index (Phi) is 8.90. The normalized spacial score (nSPS) is 16.6. The van der Waals surface area contributed by atoms with Gasteiger partial charge in [-0.1, -0.05) is 11.6 Å². The number of ether oxygens (including phenoxy) is 2. The molecule has 4 N–H and O–H groups in total. The fourth-order valence-electron chi connectivity index (χ4n) is 4.32. The number of halogens is 1. The molecule has 0 spiro atoms. The molecular weight excluding hydrogens is 545 g/mol. The number of hydrogen-bond donors (Lipinski definition) is 3. The van der Waals surface area contributed by atoms with E-state index in [0.717, 1.165) is 25.7 Å². The maximum atomic E-state index is 14.1. The number of nitrogens with two attached hydrogens (primary N) is 1. The van der Waals surface area contributed by atoms with E-state index in [1.54, 1.807) is 43.8 Å². The summed E-state index contributed by atoms with van der Waals surface area (Å²) in [6, 6.07) is 6.15. The second kappa shape index (κ2) is 12.0. The number of benzene rings is 1. The topological polar surface area (TPSA) is 163 Å². The molecule has 0 aliphatic heterocycles. The van der Waals surface area contributed by atoms with Gasteiger partial charge in [-0.2, -0.15) is 0 Å². The monoisotopic (exact) mass is 577 g/mol. The minimum absolute atomic E-state index is 0.166. The molecule has 1 amide bonds. The van der Waals surface area contributed by atoms with Crippen molar-refractivity contribution in [1.29, 1.82) is 0 Å². The molecule has 1 aliphatic carbocycles. The molecule has 0 unspecified atom stereocenters. The highest BCUT2D eigenvalue weighted by Gasteiger charge is 2.40. The van der Waals surface area contributed by atoms with E-state index in [9.17, 15) is 14.2 Å². The van der Waals surface area contributed by atoms with Gasteiger partial charge in [0, 0.05) is 10.6 Å². The molecule has 1 aromatic carbocycles. The van der Waals surface area contributed by atoms with E-state index in [0.29, 0.717) is 22.7 Å². The number of nitrogens with zero attached hydrogens (tertiary/aromatic N) is 4. The molecule has 0 bridgehead atoms. The first-order valence-electron chi connectivity index (χ1n) is 12.7. The Morgan fingerprint density at radius 1 is 1.21 bits per heavy atom. The predicted octanol–water partition coefficient (Wildman–Crippen LogP) is 3.90. The van der Waals surface area contributed by atoms with Gasteiger partial charge in [-0.15, -0.1) is 0 Å². The number of imidazole rings is 1.